The van der Waals surface area contributed by atoms with Gasteiger partial charge in [0.25, 0.3) is 0 Å². The Kier molecular flexibility index (Phi) is 7.07. The molecule has 0 saturated heterocycles. The molecule has 0 bridgehead atoms. The van der Waals surface area contributed by atoms with E-state index in [1.807, 2.05) is 0 Å². The van der Waals surface area contributed by atoms with Crippen molar-refractivity contribution in [2.24, 2.45) is 0 Å². The van der Waals surface area contributed by atoms with E-state index in [0.717, 1.165) is 23.8 Å². The SMILES string of the molecule is O=C(NCC(O)C(O)c1cc(O)ccc1OC(F)(F)F)OCc1ccccc1. The highest BCUT2D eigenvalue weighted by Gasteiger charge is 2.34. The molecule has 2 unspecified atom stereocenters. The second-order valence-corrected chi connectivity index (χ2v) is 5.72. The average Bonchev–Trinajstić information content (AvgIpc) is 2.65. The van der Waals surface area contributed by atoms with Crippen molar-refractivity contribution in [1.82, 2.24) is 5.32 Å². The highest BCUT2D eigenvalue weighted by Crippen LogP contribution is 2.34. The summed E-state index contributed by atoms with van der Waals surface area (Å²) in [5.74, 6) is -1.23. The summed E-state index contributed by atoms with van der Waals surface area (Å²) in [6.07, 6.45) is -9.49. The maximum absolute atomic E-state index is 12.5. The molecule has 2 aromatic rings. The molecule has 152 valence electrons. The topological polar surface area (TPSA) is 108 Å². The zero-order valence-electron chi connectivity index (χ0n) is 14.4. The minimum absolute atomic E-state index is 0.0263. The number of carbonyl (C=O) groups excluding carboxylic acids is 1. The van der Waals surface area contributed by atoms with Crippen molar-refractivity contribution in [3.63, 3.8) is 0 Å². The first-order valence-corrected chi connectivity index (χ1v) is 8.05. The Morgan fingerprint density at radius 3 is 2.43 bits per heavy atom. The van der Waals surface area contributed by atoms with E-state index in [9.17, 15) is 33.3 Å². The van der Waals surface area contributed by atoms with Crippen LogP contribution >= 0.6 is 0 Å². The van der Waals surface area contributed by atoms with E-state index >= 15 is 0 Å². The van der Waals surface area contributed by atoms with Crippen molar-refractivity contribution in [2.45, 2.75) is 25.2 Å². The van der Waals surface area contributed by atoms with Gasteiger partial charge in [-0.1, -0.05) is 30.3 Å². The first-order chi connectivity index (χ1) is 13.2. The summed E-state index contributed by atoms with van der Waals surface area (Å²) >= 11 is 0. The minimum Gasteiger partial charge on any atom is -0.508 e. The van der Waals surface area contributed by atoms with Crippen molar-refractivity contribution < 1.29 is 42.8 Å². The van der Waals surface area contributed by atoms with Gasteiger partial charge in [-0.15, -0.1) is 13.2 Å². The number of alkyl halides is 3. The number of nitrogens with one attached hydrogen (secondary N) is 1. The number of benzene rings is 2. The molecule has 28 heavy (non-hydrogen) atoms. The first kappa shape index (κ1) is 21.3. The van der Waals surface area contributed by atoms with E-state index in [1.54, 1.807) is 30.3 Å². The normalized spacial score (nSPS) is 13.5. The maximum atomic E-state index is 12.5. The number of phenolic OH excluding ortho intramolecular Hbond substituents is 1. The molecule has 0 fully saturated rings. The third kappa shape index (κ3) is 6.63. The average molecular weight is 401 g/mol. The van der Waals surface area contributed by atoms with Gasteiger partial charge in [-0.3, -0.25) is 0 Å². The molecule has 2 rings (SSSR count). The van der Waals surface area contributed by atoms with Crippen LogP contribution in [0.5, 0.6) is 11.5 Å². The Labute approximate surface area is 157 Å². The summed E-state index contributed by atoms with van der Waals surface area (Å²) in [6.45, 7) is -0.544. The van der Waals surface area contributed by atoms with Crippen molar-refractivity contribution in [3.8, 4) is 11.5 Å². The summed E-state index contributed by atoms with van der Waals surface area (Å²) in [6, 6.07) is 11.3. The fraction of sp³-hybridized carbons (Fsp3) is 0.278. The molecular formula is C18H18F3NO6. The molecule has 0 heterocycles. The van der Waals surface area contributed by atoms with E-state index in [-0.39, 0.29) is 6.61 Å². The molecule has 0 spiro atoms. The fourth-order valence-electron chi connectivity index (χ4n) is 2.27. The van der Waals surface area contributed by atoms with Crippen LogP contribution < -0.4 is 10.1 Å². The number of carbonyl (C=O) groups is 1. The number of alkyl carbamates (subject to hydrolysis) is 1. The van der Waals surface area contributed by atoms with Gasteiger partial charge in [0, 0.05) is 12.1 Å². The second kappa shape index (κ2) is 9.29. The van der Waals surface area contributed by atoms with Crippen LogP contribution in [0.25, 0.3) is 0 Å². The molecule has 2 atom stereocenters. The van der Waals surface area contributed by atoms with E-state index in [1.165, 1.54) is 0 Å². The molecule has 7 nitrogen and oxygen atoms in total. The predicted octanol–water partition coefficient (Wildman–Crippen LogP) is 2.61. The smallest absolute Gasteiger partial charge is 0.508 e. The standard InChI is InChI=1S/C18H18F3NO6/c19-18(20,21)28-15-7-6-12(23)8-13(15)16(25)14(24)9-22-17(26)27-10-11-4-2-1-3-5-11/h1-8,14,16,23-25H,9-10H2,(H,22,26). The Balaban J connectivity index is 1.94. The molecule has 1 amide bonds. The molecule has 0 aliphatic carbocycles. The number of aliphatic hydroxyl groups is 2. The van der Waals surface area contributed by atoms with Crippen LogP contribution in [0.15, 0.2) is 48.5 Å². The predicted molar refractivity (Wildman–Crippen MR) is 90.4 cm³/mol. The summed E-state index contributed by atoms with van der Waals surface area (Å²) in [5.41, 5.74) is 0.233. The molecule has 0 aliphatic heterocycles. The van der Waals surface area contributed by atoms with Crippen molar-refractivity contribution >= 4 is 6.09 Å². The Hall–Kier alpha value is -2.98. The van der Waals surface area contributed by atoms with Crippen molar-refractivity contribution in [3.05, 3.63) is 59.7 Å². The molecule has 10 heteroatoms. The van der Waals surface area contributed by atoms with E-state index in [0.29, 0.717) is 0 Å². The maximum Gasteiger partial charge on any atom is 0.573 e. The van der Waals surface area contributed by atoms with Gasteiger partial charge in [-0.2, -0.15) is 0 Å². The molecule has 0 radical (unpaired) electrons. The third-order valence-electron chi connectivity index (χ3n) is 3.57. The zero-order chi connectivity index (χ0) is 20.7. The number of aliphatic hydroxyl groups excluding tert-OH is 2. The number of phenols is 1. The van der Waals surface area contributed by atoms with Crippen molar-refractivity contribution in [1.29, 1.82) is 0 Å². The summed E-state index contributed by atoms with van der Waals surface area (Å²) in [7, 11) is 0. The first-order valence-electron chi connectivity index (χ1n) is 8.05. The lowest BCUT2D eigenvalue weighted by Gasteiger charge is -2.21. The second-order valence-electron chi connectivity index (χ2n) is 5.72. The molecule has 4 N–H and O–H groups in total. The summed E-state index contributed by atoms with van der Waals surface area (Å²) in [5, 5.41) is 31.7. The molecule has 2 aromatic carbocycles. The highest BCUT2D eigenvalue weighted by molar-refractivity contribution is 5.67. The zero-order valence-corrected chi connectivity index (χ0v) is 14.4. The molecular weight excluding hydrogens is 383 g/mol. The van der Waals surface area contributed by atoms with Crippen LogP contribution in [-0.2, 0) is 11.3 Å². The third-order valence-corrected chi connectivity index (χ3v) is 3.57. The largest absolute Gasteiger partial charge is 0.573 e. The van der Waals surface area contributed by atoms with Gasteiger partial charge >= 0.3 is 12.5 Å². The lowest BCUT2D eigenvalue weighted by atomic mass is 10.0. The summed E-state index contributed by atoms with van der Waals surface area (Å²) < 4.78 is 46.1. The van der Waals surface area contributed by atoms with Crippen LogP contribution in [0.1, 0.15) is 17.2 Å². The van der Waals surface area contributed by atoms with Gasteiger partial charge in [-0.25, -0.2) is 4.79 Å². The van der Waals surface area contributed by atoms with Crippen LogP contribution in [0, 0.1) is 0 Å². The molecule has 0 saturated carbocycles. The van der Waals surface area contributed by atoms with Crippen molar-refractivity contribution in [2.75, 3.05) is 6.54 Å². The quantitative estimate of drug-likeness (QED) is 0.568. The van der Waals surface area contributed by atoms with Gasteiger partial charge in [0.1, 0.15) is 30.3 Å². The number of amides is 1. The number of halogens is 3. The monoisotopic (exact) mass is 401 g/mol. The number of rotatable bonds is 7. The number of hydrogen-bond donors (Lipinski definition) is 4. The number of hydrogen-bond acceptors (Lipinski definition) is 6. The Morgan fingerprint density at radius 1 is 1.11 bits per heavy atom. The van der Waals surface area contributed by atoms with Gasteiger partial charge in [0.05, 0.1) is 0 Å². The van der Waals surface area contributed by atoms with E-state index < -0.39 is 48.3 Å². The fourth-order valence-corrected chi connectivity index (χ4v) is 2.27. The van der Waals surface area contributed by atoms with Gasteiger partial charge in [0.2, 0.25) is 0 Å². The minimum atomic E-state index is -5.03. The number of aromatic hydroxyl groups is 1. The number of ether oxygens (including phenoxy) is 2. The van der Waals surface area contributed by atoms with Crippen LogP contribution in [0.2, 0.25) is 0 Å². The highest BCUT2D eigenvalue weighted by atomic mass is 19.4. The molecule has 0 aromatic heterocycles. The Morgan fingerprint density at radius 2 is 1.79 bits per heavy atom. The molecule has 0 aliphatic rings. The lowest BCUT2D eigenvalue weighted by molar-refractivity contribution is -0.275. The van der Waals surface area contributed by atoms with Gasteiger partial charge < -0.3 is 30.1 Å². The van der Waals surface area contributed by atoms with Gasteiger partial charge in [-0.05, 0) is 23.8 Å². The lowest BCUT2D eigenvalue weighted by Crippen LogP contribution is -2.36. The summed E-state index contributed by atoms with van der Waals surface area (Å²) in [4.78, 5) is 11.6. The van der Waals surface area contributed by atoms with Crippen LogP contribution in [0.3, 0.4) is 0 Å². The van der Waals surface area contributed by atoms with E-state index in [2.05, 4.69) is 10.1 Å². The Bertz CT molecular complexity index is 785. The van der Waals surface area contributed by atoms with Gasteiger partial charge in [0.15, 0.2) is 0 Å². The van der Waals surface area contributed by atoms with Crippen LogP contribution in [-0.4, -0.2) is 40.4 Å². The van der Waals surface area contributed by atoms with E-state index in [4.69, 9.17) is 4.74 Å². The van der Waals surface area contributed by atoms with Crippen LogP contribution in [0.4, 0.5) is 18.0 Å².